The molecule has 4 rings (SSSR count). The average molecular weight is 312 g/mol. The van der Waals surface area contributed by atoms with Crippen LogP contribution < -0.4 is 0 Å². The standard InChI is InChI=1S/C23H20O/c1-16-6-13-22-19(14-16)10-9-18-4-2-3-5-21(18)23(22)15-17-7-11-20(24)12-8-17/h2-8,11-15,24H,9-10H2,1H3/b23-15-. The molecule has 3 aromatic rings. The molecule has 0 bridgehead atoms. The highest BCUT2D eigenvalue weighted by atomic mass is 16.3. The second-order valence-corrected chi connectivity index (χ2v) is 6.47. The highest BCUT2D eigenvalue weighted by molar-refractivity contribution is 5.94. The lowest BCUT2D eigenvalue weighted by Crippen LogP contribution is -1.93. The summed E-state index contributed by atoms with van der Waals surface area (Å²) in [6.45, 7) is 2.15. The van der Waals surface area contributed by atoms with Crippen molar-refractivity contribution in [2.24, 2.45) is 0 Å². The second kappa shape index (κ2) is 6.01. The molecule has 1 heteroatoms. The van der Waals surface area contributed by atoms with Gasteiger partial charge in [0.1, 0.15) is 5.75 Å². The minimum Gasteiger partial charge on any atom is -0.508 e. The Labute approximate surface area is 142 Å². The van der Waals surface area contributed by atoms with Gasteiger partial charge < -0.3 is 5.11 Å². The van der Waals surface area contributed by atoms with Gasteiger partial charge in [-0.3, -0.25) is 0 Å². The van der Waals surface area contributed by atoms with E-state index in [-0.39, 0.29) is 0 Å². The summed E-state index contributed by atoms with van der Waals surface area (Å²) in [6, 6.07) is 22.8. The number of rotatable bonds is 1. The molecule has 1 N–H and O–H groups in total. The van der Waals surface area contributed by atoms with Crippen molar-refractivity contribution in [2.45, 2.75) is 19.8 Å². The van der Waals surface area contributed by atoms with Gasteiger partial charge in [0, 0.05) is 0 Å². The summed E-state index contributed by atoms with van der Waals surface area (Å²) in [7, 11) is 0. The minimum absolute atomic E-state index is 0.300. The molecule has 0 amide bonds. The largest absolute Gasteiger partial charge is 0.508 e. The fourth-order valence-electron chi connectivity index (χ4n) is 3.50. The Balaban J connectivity index is 1.95. The molecule has 0 radical (unpaired) electrons. The van der Waals surface area contributed by atoms with Gasteiger partial charge in [0.25, 0.3) is 0 Å². The van der Waals surface area contributed by atoms with E-state index in [4.69, 9.17) is 0 Å². The summed E-state index contributed by atoms with van der Waals surface area (Å²) in [5.41, 5.74) is 9.12. The molecule has 24 heavy (non-hydrogen) atoms. The Morgan fingerprint density at radius 1 is 0.792 bits per heavy atom. The van der Waals surface area contributed by atoms with E-state index in [0.29, 0.717) is 5.75 Å². The van der Waals surface area contributed by atoms with E-state index < -0.39 is 0 Å². The molecule has 1 aliphatic rings. The van der Waals surface area contributed by atoms with Gasteiger partial charge in [0.05, 0.1) is 0 Å². The van der Waals surface area contributed by atoms with Gasteiger partial charge in [-0.25, -0.2) is 0 Å². The molecular formula is C23H20O. The highest BCUT2D eigenvalue weighted by Crippen LogP contribution is 2.35. The summed E-state index contributed by atoms with van der Waals surface area (Å²) >= 11 is 0. The Hall–Kier alpha value is -2.80. The van der Waals surface area contributed by atoms with Crippen LogP contribution >= 0.6 is 0 Å². The molecule has 0 fully saturated rings. The van der Waals surface area contributed by atoms with Crippen LogP contribution in [0, 0.1) is 6.92 Å². The number of phenolic OH excluding ortho intramolecular Hbond substituents is 1. The van der Waals surface area contributed by atoms with Gasteiger partial charge in [0.2, 0.25) is 0 Å². The molecule has 1 nitrogen and oxygen atoms in total. The summed E-state index contributed by atoms with van der Waals surface area (Å²) < 4.78 is 0. The summed E-state index contributed by atoms with van der Waals surface area (Å²) in [6.07, 6.45) is 4.37. The normalized spacial score (nSPS) is 14.8. The van der Waals surface area contributed by atoms with Crippen LogP contribution in [0.1, 0.15) is 33.4 Å². The predicted molar refractivity (Wildman–Crippen MR) is 100 cm³/mol. The monoisotopic (exact) mass is 312 g/mol. The maximum Gasteiger partial charge on any atom is 0.115 e. The molecule has 0 aliphatic heterocycles. The van der Waals surface area contributed by atoms with Gasteiger partial charge in [0.15, 0.2) is 0 Å². The van der Waals surface area contributed by atoms with Gasteiger partial charge in [-0.1, -0.05) is 60.2 Å². The zero-order valence-electron chi connectivity index (χ0n) is 13.8. The summed E-state index contributed by atoms with van der Waals surface area (Å²) in [4.78, 5) is 0. The summed E-state index contributed by atoms with van der Waals surface area (Å²) in [5.74, 6) is 0.300. The van der Waals surface area contributed by atoms with Gasteiger partial charge in [-0.15, -0.1) is 0 Å². The molecule has 0 spiro atoms. The Kier molecular flexibility index (Phi) is 3.70. The quantitative estimate of drug-likeness (QED) is 0.639. The van der Waals surface area contributed by atoms with Crippen LogP contribution in [0.4, 0.5) is 0 Å². The zero-order valence-corrected chi connectivity index (χ0v) is 13.8. The molecular weight excluding hydrogens is 292 g/mol. The number of benzene rings is 3. The third-order valence-corrected chi connectivity index (χ3v) is 4.73. The highest BCUT2D eigenvalue weighted by Gasteiger charge is 2.17. The van der Waals surface area contributed by atoms with Gasteiger partial charge in [-0.2, -0.15) is 0 Å². The fraction of sp³-hybridized carbons (Fsp3) is 0.130. The first-order valence-corrected chi connectivity index (χ1v) is 8.39. The van der Waals surface area contributed by atoms with Crippen LogP contribution in [0.25, 0.3) is 11.6 Å². The molecule has 1 aliphatic carbocycles. The average Bonchev–Trinajstić information content (AvgIpc) is 2.74. The number of aromatic hydroxyl groups is 1. The van der Waals surface area contributed by atoms with Crippen molar-refractivity contribution >= 4 is 11.6 Å². The predicted octanol–water partition coefficient (Wildman–Crippen LogP) is 5.39. The Morgan fingerprint density at radius 2 is 1.50 bits per heavy atom. The fourth-order valence-corrected chi connectivity index (χ4v) is 3.50. The third kappa shape index (κ3) is 2.74. The molecule has 0 aromatic heterocycles. The number of phenols is 1. The van der Waals surface area contributed by atoms with Crippen LogP contribution in [-0.2, 0) is 12.8 Å². The second-order valence-electron chi connectivity index (χ2n) is 6.47. The van der Waals surface area contributed by atoms with Crippen molar-refractivity contribution in [3.8, 4) is 5.75 Å². The number of hydrogen-bond donors (Lipinski definition) is 1. The molecule has 0 heterocycles. The van der Waals surface area contributed by atoms with Crippen LogP contribution in [0.2, 0.25) is 0 Å². The van der Waals surface area contributed by atoms with Gasteiger partial charge >= 0.3 is 0 Å². The van der Waals surface area contributed by atoms with Crippen molar-refractivity contribution in [1.82, 2.24) is 0 Å². The SMILES string of the molecule is Cc1ccc2c(c1)CCc1ccccc1/C2=C/c1ccc(O)cc1. The number of hydrogen-bond acceptors (Lipinski definition) is 1. The van der Waals surface area contributed by atoms with Gasteiger partial charge in [-0.05, 0) is 71.4 Å². The topological polar surface area (TPSA) is 20.2 Å². The lowest BCUT2D eigenvalue weighted by atomic mass is 9.91. The maximum absolute atomic E-state index is 9.53. The lowest BCUT2D eigenvalue weighted by molar-refractivity contribution is 0.475. The van der Waals surface area contributed by atoms with Crippen molar-refractivity contribution in [1.29, 1.82) is 0 Å². The van der Waals surface area contributed by atoms with Crippen LogP contribution in [-0.4, -0.2) is 5.11 Å². The lowest BCUT2D eigenvalue weighted by Gasteiger charge is -2.13. The molecule has 0 saturated carbocycles. The van der Waals surface area contributed by atoms with E-state index >= 15 is 0 Å². The van der Waals surface area contributed by atoms with Crippen molar-refractivity contribution in [3.63, 3.8) is 0 Å². The van der Waals surface area contributed by atoms with E-state index in [0.717, 1.165) is 18.4 Å². The van der Waals surface area contributed by atoms with E-state index in [9.17, 15) is 5.11 Å². The minimum atomic E-state index is 0.300. The Bertz CT molecular complexity index is 917. The number of aryl methyl sites for hydroxylation is 3. The van der Waals surface area contributed by atoms with Crippen LogP contribution in [0.15, 0.2) is 66.7 Å². The maximum atomic E-state index is 9.53. The van der Waals surface area contributed by atoms with Crippen molar-refractivity contribution in [3.05, 3.63) is 100 Å². The van der Waals surface area contributed by atoms with Crippen molar-refractivity contribution < 1.29 is 5.11 Å². The molecule has 0 atom stereocenters. The molecule has 0 unspecified atom stereocenters. The molecule has 0 saturated heterocycles. The smallest absolute Gasteiger partial charge is 0.115 e. The van der Waals surface area contributed by atoms with E-state index in [1.165, 1.54) is 33.4 Å². The first kappa shape index (κ1) is 14.8. The van der Waals surface area contributed by atoms with Crippen LogP contribution in [0.5, 0.6) is 5.75 Å². The van der Waals surface area contributed by atoms with E-state index in [1.54, 1.807) is 12.1 Å². The van der Waals surface area contributed by atoms with E-state index in [2.05, 4.69) is 55.5 Å². The first-order chi connectivity index (χ1) is 11.7. The molecule has 118 valence electrons. The molecule has 3 aromatic carbocycles. The summed E-state index contributed by atoms with van der Waals surface area (Å²) in [5, 5.41) is 9.53. The van der Waals surface area contributed by atoms with Crippen molar-refractivity contribution in [2.75, 3.05) is 0 Å². The van der Waals surface area contributed by atoms with Crippen LogP contribution in [0.3, 0.4) is 0 Å². The number of fused-ring (bicyclic) bond motifs is 2. The van der Waals surface area contributed by atoms with E-state index in [1.807, 2.05) is 12.1 Å². The Morgan fingerprint density at radius 3 is 2.33 bits per heavy atom. The third-order valence-electron chi connectivity index (χ3n) is 4.73. The first-order valence-electron chi connectivity index (χ1n) is 8.39. The zero-order chi connectivity index (χ0) is 16.5.